The average Bonchev–Trinajstić information content (AvgIpc) is 1.61. The summed E-state index contributed by atoms with van der Waals surface area (Å²) in [5, 5.41) is 40.8. The lowest BCUT2D eigenvalue weighted by atomic mass is 9.84. The minimum Gasteiger partial charge on any atom is -0.349 e. The van der Waals surface area contributed by atoms with Crippen LogP contribution in [0.2, 0.25) is 0 Å². The van der Waals surface area contributed by atoms with Crippen molar-refractivity contribution in [2.45, 2.75) is 430 Å². The van der Waals surface area contributed by atoms with Gasteiger partial charge in [-0.1, -0.05) is 89.7 Å². The second-order valence-corrected chi connectivity index (χ2v) is 35.4. The van der Waals surface area contributed by atoms with Crippen molar-refractivity contribution in [1.82, 2.24) is 0 Å². The maximum atomic E-state index is 10.4. The molecule has 9 heterocycles. The molecule has 18 rings (SSSR count). The molecule has 0 bridgehead atoms. The fourth-order valence-electron chi connectivity index (χ4n) is 22.6. The standard InChI is InChI=1S/C49H70N18O14.C24H34N12O6/c50-62-56-26-21-28(58-64-52)36-42(80-48(76-36)17-9-3-10-18-48)34(26)74-44-32(60-66-54)40(38-30(72-44)23-70-46(78-38)13-5-1-6-14-46)68-25-69-41-33(61-67-55)45(73-31-24-71-47(79-39(31)41)15-7-2-8-16-47)75-35-27(57-63-51)22-29(59-65-53)37-43(35)81-49(77-37)19-11-4-12-20-49;25-33-29-13-11-14(30-34-26)19-21(42-24(40-19)9-5-2-6-10-24)18(13)39-22-17(32-36-28)16(31-35-27)20-15(38-22)12-37-23(41-20)7-3-1-4-8-23/h26-45H,1-25H2;13-22H,1-12H2/t26?,27?,28-,29-,30?,31?,32?,33?,34-,35-,36?,37?,38-,39-,40-,41-,42+,43+,44-,45-;13?,14-,15?,16-,17?,18-,19?,20-,21+,22-/m11/s1. The number of nitrogens with zero attached hydrogens (tertiary/aromatic N) is 30. The van der Waals surface area contributed by atoms with Crippen LogP contribution in [-0.4, -0.2) is 244 Å². The Morgan fingerprint density at radius 2 is 0.472 bits per heavy atom. The van der Waals surface area contributed by atoms with Gasteiger partial charge in [0.15, 0.2) is 53.6 Å². The quantitative estimate of drug-likeness (QED) is 0.0473. The zero-order valence-corrected chi connectivity index (χ0v) is 68.1. The normalized spacial score (nSPS) is 42.7. The molecule has 50 nitrogen and oxygen atoms in total. The highest BCUT2D eigenvalue weighted by Crippen LogP contribution is 2.54. The van der Waals surface area contributed by atoms with E-state index in [0.29, 0.717) is 77.0 Å². The molecule has 9 aliphatic carbocycles. The largest absolute Gasteiger partial charge is 0.349 e. The Labute approximate surface area is 704 Å². The molecule has 6 spiro atoms. The molecule has 30 atom stereocenters. The van der Waals surface area contributed by atoms with Crippen LogP contribution in [0, 0.1) is 0 Å². The molecule has 0 radical (unpaired) electrons. The van der Waals surface area contributed by atoms with Gasteiger partial charge in [0.1, 0.15) is 79.9 Å². The van der Waals surface area contributed by atoms with E-state index in [2.05, 4.69) is 100 Å². The van der Waals surface area contributed by atoms with Crippen molar-refractivity contribution in [3.63, 3.8) is 0 Å². The maximum absolute atomic E-state index is 10.4. The molecular weight excluding hydrogens is 1620 g/mol. The van der Waals surface area contributed by atoms with Crippen molar-refractivity contribution < 1.29 is 94.7 Å². The van der Waals surface area contributed by atoms with E-state index in [1.165, 1.54) is 0 Å². The smallest absolute Gasteiger partial charge is 0.169 e. The van der Waals surface area contributed by atoms with Gasteiger partial charge in [-0.05, 0) is 152 Å². The van der Waals surface area contributed by atoms with E-state index in [9.17, 15) is 55.3 Å². The monoisotopic (exact) mass is 1720 g/mol. The molecule has 0 N–H and O–H groups in total. The summed E-state index contributed by atoms with van der Waals surface area (Å²) in [6.45, 7) is -0.244. The third kappa shape index (κ3) is 18.0. The third-order valence-electron chi connectivity index (χ3n) is 28.3. The Morgan fingerprint density at radius 1 is 0.236 bits per heavy atom. The van der Waals surface area contributed by atoms with Crippen molar-refractivity contribution in [1.29, 1.82) is 0 Å². The summed E-state index contributed by atoms with van der Waals surface area (Å²) in [4.78, 5) is 31.1. The van der Waals surface area contributed by atoms with Gasteiger partial charge in [0, 0.05) is 126 Å². The lowest BCUT2D eigenvalue weighted by molar-refractivity contribution is -0.403. The van der Waals surface area contributed by atoms with Crippen LogP contribution < -0.4 is 0 Å². The van der Waals surface area contributed by atoms with Gasteiger partial charge in [-0.3, -0.25) is 0 Å². The molecule has 18 aliphatic rings. The zero-order chi connectivity index (χ0) is 84.8. The minimum atomic E-state index is -1.38. The van der Waals surface area contributed by atoms with Gasteiger partial charge >= 0.3 is 0 Å². The van der Waals surface area contributed by atoms with E-state index in [1.807, 2.05) is 0 Å². The highest BCUT2D eigenvalue weighted by molar-refractivity contribution is 5.14. The molecule has 50 heteroatoms. The number of ether oxygens (including phenoxy) is 20. The van der Waals surface area contributed by atoms with Gasteiger partial charge in [-0.15, -0.1) is 0 Å². The minimum absolute atomic E-state index is 0.0589. The molecule has 12 unspecified atom stereocenters. The van der Waals surface area contributed by atoms with Crippen LogP contribution in [-0.2, 0) is 94.7 Å². The second kappa shape index (κ2) is 38.5. The van der Waals surface area contributed by atoms with Gasteiger partial charge in [0.05, 0.1) is 111 Å². The molecule has 0 aromatic heterocycles. The molecule has 9 saturated heterocycles. The van der Waals surface area contributed by atoms with Crippen molar-refractivity contribution in [2.75, 3.05) is 26.6 Å². The summed E-state index contributed by atoms with van der Waals surface area (Å²) in [7, 11) is 0. The Hall–Kier alpha value is -7.70. The van der Waals surface area contributed by atoms with E-state index in [0.717, 1.165) is 116 Å². The number of hydrogen-bond donors (Lipinski definition) is 0. The zero-order valence-electron chi connectivity index (χ0n) is 68.1. The molecule has 666 valence electrons. The molecule has 18 fully saturated rings. The van der Waals surface area contributed by atoms with Gasteiger partial charge in [-0.2, -0.15) is 0 Å². The Balaban J connectivity index is 0.000000214. The summed E-state index contributed by atoms with van der Waals surface area (Å²) in [6.07, 6.45) is 5.63. The first-order valence-electron chi connectivity index (χ1n) is 43.8. The first-order valence-corrected chi connectivity index (χ1v) is 43.8. The Morgan fingerprint density at radius 3 is 0.772 bits per heavy atom. The van der Waals surface area contributed by atoms with Gasteiger partial charge < -0.3 is 94.7 Å². The highest BCUT2D eigenvalue weighted by Gasteiger charge is 2.66. The van der Waals surface area contributed by atoms with Crippen molar-refractivity contribution in [3.05, 3.63) is 104 Å². The van der Waals surface area contributed by atoms with Gasteiger partial charge in [-0.25, -0.2) is 0 Å². The van der Waals surface area contributed by atoms with Crippen LogP contribution in [0.15, 0.2) is 51.1 Å². The average molecular weight is 1720 g/mol. The van der Waals surface area contributed by atoms with Crippen molar-refractivity contribution >= 4 is 0 Å². The first kappa shape index (κ1) is 87.4. The van der Waals surface area contributed by atoms with Crippen molar-refractivity contribution in [2.24, 2.45) is 51.1 Å². The van der Waals surface area contributed by atoms with E-state index < -0.39 is 225 Å². The third-order valence-corrected chi connectivity index (χ3v) is 28.3. The molecule has 9 aliphatic heterocycles. The highest BCUT2D eigenvalue weighted by atomic mass is 16.8. The topological polar surface area (TPSA) is 672 Å². The first-order chi connectivity index (χ1) is 60.2. The fraction of sp³-hybridized carbons (Fsp3) is 1.00. The van der Waals surface area contributed by atoms with Crippen LogP contribution in [0.1, 0.15) is 212 Å². The predicted octanol–water partition coefficient (Wildman–Crippen LogP) is 15.6. The Bertz CT molecular complexity index is 4080. The van der Waals surface area contributed by atoms with Crippen LogP contribution in [0.5, 0.6) is 0 Å². The van der Waals surface area contributed by atoms with Crippen LogP contribution in [0.25, 0.3) is 104 Å². The number of fused-ring (bicyclic) bond motifs is 6. The number of hydrogen-bond acceptors (Lipinski definition) is 30. The van der Waals surface area contributed by atoms with Crippen molar-refractivity contribution in [3.8, 4) is 0 Å². The van der Waals surface area contributed by atoms with Crippen LogP contribution in [0.3, 0.4) is 0 Å². The van der Waals surface area contributed by atoms with E-state index >= 15 is 0 Å². The summed E-state index contributed by atoms with van der Waals surface area (Å²) in [5.74, 6) is -5.57. The molecule has 9 saturated carbocycles. The van der Waals surface area contributed by atoms with Crippen LogP contribution >= 0.6 is 0 Å². The maximum Gasteiger partial charge on any atom is 0.169 e. The summed E-state index contributed by atoms with van der Waals surface area (Å²) >= 11 is 0. The molecule has 0 amide bonds. The summed E-state index contributed by atoms with van der Waals surface area (Å²) in [6, 6.07) is -9.46. The van der Waals surface area contributed by atoms with Crippen LogP contribution in [0.4, 0.5) is 0 Å². The fourth-order valence-corrected chi connectivity index (χ4v) is 22.6. The van der Waals surface area contributed by atoms with Gasteiger partial charge in [0.2, 0.25) is 0 Å². The Kier molecular flexibility index (Phi) is 27.3. The number of azide groups is 10. The molecule has 0 aromatic rings. The summed E-state index contributed by atoms with van der Waals surface area (Å²) < 4.78 is 133. The summed E-state index contributed by atoms with van der Waals surface area (Å²) in [5.41, 5.74) is 97.5. The van der Waals surface area contributed by atoms with E-state index in [4.69, 9.17) is 94.7 Å². The van der Waals surface area contributed by atoms with E-state index in [1.54, 1.807) is 0 Å². The SMILES string of the molecule is [N-]=[N+]=NC1C[C@@H](N=[N+]=[N-])C2OC3(CCCCC3)O[C@H]2[C@@H]1O[C@H]1OC2COC3(CCCCC3)O[C@H]2[C@H](OCO[C@@H]2C(N=[N+]=[N-])[C@@H](O[C@@H]3C(N=[N+]=[N-])C[C@@H](N=[N+]=[N-])C4OC5(CCCCC5)O[C@H]43)OC3COC4(CCCCC4)O[C@H]32)C1N=[N+]=[N-].[N-]=[N+]=NC1[C@@H](O[C@@H]2C(N=[N+]=[N-])C[C@@H](N=[N+]=[N-])C3OC4(CCCCC4)O[C@H]32)OC2COC3(CCCCC3)O[C@H]2[C@@H]1N=[N+]=[N-]. The number of rotatable bonds is 20. The van der Waals surface area contributed by atoms with E-state index in [-0.39, 0.29) is 39.1 Å². The molecule has 123 heavy (non-hydrogen) atoms. The molecular formula is C73H104N30O20. The lowest BCUT2D eigenvalue weighted by Gasteiger charge is -2.54. The van der Waals surface area contributed by atoms with Gasteiger partial charge in [0.25, 0.3) is 0 Å². The molecule has 0 aromatic carbocycles. The second-order valence-electron chi connectivity index (χ2n) is 35.4. The lowest BCUT2D eigenvalue weighted by Crippen LogP contribution is -2.68. The predicted molar refractivity (Wildman–Crippen MR) is 415 cm³/mol.